The summed E-state index contributed by atoms with van der Waals surface area (Å²) in [6, 6.07) is 3.57. The van der Waals surface area contributed by atoms with Crippen LogP contribution in [0.3, 0.4) is 0 Å². The van der Waals surface area contributed by atoms with Crippen molar-refractivity contribution in [2.75, 3.05) is 6.54 Å². The first-order chi connectivity index (χ1) is 6.47. The summed E-state index contributed by atoms with van der Waals surface area (Å²) in [4.78, 5) is 0. The van der Waals surface area contributed by atoms with Crippen molar-refractivity contribution in [3.63, 3.8) is 0 Å². The van der Waals surface area contributed by atoms with E-state index in [1.165, 1.54) is 0 Å². The van der Waals surface area contributed by atoms with Crippen molar-refractivity contribution in [1.82, 2.24) is 5.32 Å². The fourth-order valence-corrected chi connectivity index (χ4v) is 1.14. The summed E-state index contributed by atoms with van der Waals surface area (Å²) in [5.74, 6) is 0.702. The Hall–Kier alpha value is -0.830. The second-order valence-electron chi connectivity index (χ2n) is 4.51. The van der Waals surface area contributed by atoms with Crippen molar-refractivity contribution < 1.29 is 8.81 Å². The molecule has 1 atom stereocenters. The van der Waals surface area contributed by atoms with Crippen LogP contribution in [0, 0.1) is 0 Å². The Morgan fingerprint density at radius 2 is 2.21 bits per heavy atom. The van der Waals surface area contributed by atoms with Gasteiger partial charge in [0.05, 0.1) is 6.26 Å². The Balaban J connectivity index is 2.26. The van der Waals surface area contributed by atoms with E-state index in [-0.39, 0.29) is 5.54 Å². The Labute approximate surface area is 84.5 Å². The smallest absolute Gasteiger partial charge is 0.120 e. The predicted molar refractivity (Wildman–Crippen MR) is 55.1 cm³/mol. The van der Waals surface area contributed by atoms with Crippen LogP contribution in [0.4, 0.5) is 4.39 Å². The number of alkyl halides is 1. The zero-order chi connectivity index (χ0) is 10.6. The molecule has 0 aromatic carbocycles. The largest absolute Gasteiger partial charge is 0.469 e. The lowest BCUT2D eigenvalue weighted by Gasteiger charge is -2.21. The molecule has 1 aromatic rings. The molecule has 0 fully saturated rings. The van der Waals surface area contributed by atoms with Crippen molar-refractivity contribution in [3.8, 4) is 0 Å². The summed E-state index contributed by atoms with van der Waals surface area (Å²) >= 11 is 0. The second kappa shape index (κ2) is 4.60. The fraction of sp³-hybridized carbons (Fsp3) is 0.636. The third kappa shape index (κ3) is 4.42. The molecule has 0 amide bonds. The van der Waals surface area contributed by atoms with E-state index in [1.54, 1.807) is 18.4 Å². The molecule has 1 rings (SSSR count). The average molecular weight is 199 g/mol. The normalized spacial score (nSPS) is 14.3. The van der Waals surface area contributed by atoms with Gasteiger partial charge < -0.3 is 9.73 Å². The first-order valence-corrected chi connectivity index (χ1v) is 4.89. The van der Waals surface area contributed by atoms with Crippen LogP contribution < -0.4 is 5.32 Å². The molecule has 0 saturated heterocycles. The Bertz CT molecular complexity index is 251. The Morgan fingerprint density at radius 3 is 2.71 bits per heavy atom. The molecule has 0 aliphatic heterocycles. The van der Waals surface area contributed by atoms with Crippen LogP contribution in [-0.4, -0.2) is 18.3 Å². The highest BCUT2D eigenvalue weighted by molar-refractivity contribution is 4.99. The van der Waals surface area contributed by atoms with Gasteiger partial charge in [0.1, 0.15) is 11.9 Å². The molecule has 3 heteroatoms. The number of hydrogen-bond donors (Lipinski definition) is 1. The van der Waals surface area contributed by atoms with Crippen LogP contribution in [0.5, 0.6) is 0 Å². The van der Waals surface area contributed by atoms with Crippen molar-refractivity contribution in [3.05, 3.63) is 24.2 Å². The first kappa shape index (κ1) is 11.2. The van der Waals surface area contributed by atoms with Gasteiger partial charge in [0, 0.05) is 18.5 Å². The monoisotopic (exact) mass is 199 g/mol. The van der Waals surface area contributed by atoms with Crippen LogP contribution in [-0.2, 0) is 6.42 Å². The minimum absolute atomic E-state index is 0.0342. The molecule has 1 unspecified atom stereocenters. The van der Waals surface area contributed by atoms with Gasteiger partial charge in [0.15, 0.2) is 0 Å². The molecule has 0 radical (unpaired) electrons. The Kier molecular flexibility index (Phi) is 3.69. The summed E-state index contributed by atoms with van der Waals surface area (Å²) in [5.41, 5.74) is -0.0342. The van der Waals surface area contributed by atoms with Gasteiger partial charge in [-0.2, -0.15) is 0 Å². The molecule has 0 spiro atoms. The van der Waals surface area contributed by atoms with Gasteiger partial charge in [-0.05, 0) is 32.9 Å². The quantitative estimate of drug-likeness (QED) is 0.806. The van der Waals surface area contributed by atoms with Crippen LogP contribution >= 0.6 is 0 Å². The fourth-order valence-electron chi connectivity index (χ4n) is 1.14. The first-order valence-electron chi connectivity index (χ1n) is 4.89. The molecule has 0 aliphatic rings. The van der Waals surface area contributed by atoms with Gasteiger partial charge in [-0.3, -0.25) is 0 Å². The van der Waals surface area contributed by atoms with E-state index < -0.39 is 6.17 Å². The lowest BCUT2D eigenvalue weighted by atomic mass is 10.1. The van der Waals surface area contributed by atoms with Gasteiger partial charge >= 0.3 is 0 Å². The molecular weight excluding hydrogens is 181 g/mol. The summed E-state index contributed by atoms with van der Waals surface area (Å²) in [6.45, 7) is 6.43. The van der Waals surface area contributed by atoms with Crippen molar-refractivity contribution >= 4 is 0 Å². The minimum atomic E-state index is -0.889. The van der Waals surface area contributed by atoms with Crippen LogP contribution in [0.15, 0.2) is 22.8 Å². The van der Waals surface area contributed by atoms with Crippen molar-refractivity contribution in [2.24, 2.45) is 0 Å². The molecule has 0 bridgehead atoms. The summed E-state index contributed by atoms with van der Waals surface area (Å²) in [6.07, 6.45) is 1.02. The van der Waals surface area contributed by atoms with Gasteiger partial charge in [-0.15, -0.1) is 0 Å². The second-order valence-corrected chi connectivity index (χ2v) is 4.51. The van der Waals surface area contributed by atoms with Gasteiger partial charge in [0.2, 0.25) is 0 Å². The highest BCUT2D eigenvalue weighted by atomic mass is 19.1. The van der Waals surface area contributed by atoms with E-state index >= 15 is 0 Å². The van der Waals surface area contributed by atoms with E-state index in [1.807, 2.05) is 20.8 Å². The van der Waals surface area contributed by atoms with E-state index in [2.05, 4.69) is 5.32 Å². The van der Waals surface area contributed by atoms with Gasteiger partial charge in [0.25, 0.3) is 0 Å². The topological polar surface area (TPSA) is 25.2 Å². The van der Waals surface area contributed by atoms with Crippen LogP contribution in [0.2, 0.25) is 0 Å². The number of hydrogen-bond acceptors (Lipinski definition) is 2. The molecule has 0 saturated carbocycles. The molecule has 1 heterocycles. The SMILES string of the molecule is CC(C)(C)NCC(F)Cc1ccco1. The maximum absolute atomic E-state index is 13.4. The third-order valence-electron chi connectivity index (χ3n) is 1.86. The average Bonchev–Trinajstić information content (AvgIpc) is 2.52. The minimum Gasteiger partial charge on any atom is -0.469 e. The lowest BCUT2D eigenvalue weighted by molar-refractivity contribution is 0.272. The van der Waals surface area contributed by atoms with Crippen LogP contribution in [0.1, 0.15) is 26.5 Å². The molecule has 2 nitrogen and oxygen atoms in total. The zero-order valence-corrected chi connectivity index (χ0v) is 9.01. The standard InChI is InChI=1S/C11H18FNO/c1-11(2,3)13-8-9(12)7-10-5-4-6-14-10/h4-6,9,13H,7-8H2,1-3H3. The van der Waals surface area contributed by atoms with E-state index in [9.17, 15) is 4.39 Å². The highest BCUT2D eigenvalue weighted by Crippen LogP contribution is 2.07. The molecule has 14 heavy (non-hydrogen) atoms. The molecule has 0 aliphatic carbocycles. The third-order valence-corrected chi connectivity index (χ3v) is 1.86. The maximum Gasteiger partial charge on any atom is 0.120 e. The summed E-state index contributed by atoms with van der Waals surface area (Å²) in [5, 5.41) is 3.12. The number of nitrogens with one attached hydrogen (secondary N) is 1. The number of halogens is 1. The van der Waals surface area contributed by atoms with Gasteiger partial charge in [-0.1, -0.05) is 0 Å². The molecule has 1 aromatic heterocycles. The van der Waals surface area contributed by atoms with Crippen LogP contribution in [0.25, 0.3) is 0 Å². The van der Waals surface area contributed by atoms with Crippen molar-refractivity contribution in [2.45, 2.75) is 38.9 Å². The highest BCUT2D eigenvalue weighted by Gasteiger charge is 2.14. The predicted octanol–water partition coefficient (Wildman–Crippen LogP) is 2.55. The molecule has 1 N–H and O–H groups in total. The maximum atomic E-state index is 13.4. The van der Waals surface area contributed by atoms with Crippen molar-refractivity contribution in [1.29, 1.82) is 0 Å². The Morgan fingerprint density at radius 1 is 1.50 bits per heavy atom. The molecule has 80 valence electrons. The van der Waals surface area contributed by atoms with E-state index in [0.717, 1.165) is 0 Å². The zero-order valence-electron chi connectivity index (χ0n) is 9.01. The number of furan rings is 1. The van der Waals surface area contributed by atoms with Gasteiger partial charge in [-0.25, -0.2) is 4.39 Å². The summed E-state index contributed by atoms with van der Waals surface area (Å²) in [7, 11) is 0. The van der Waals surface area contributed by atoms with E-state index in [4.69, 9.17) is 4.42 Å². The lowest BCUT2D eigenvalue weighted by Crippen LogP contribution is -2.40. The number of rotatable bonds is 4. The summed E-state index contributed by atoms with van der Waals surface area (Å²) < 4.78 is 18.4. The molecular formula is C11H18FNO. The van der Waals surface area contributed by atoms with E-state index in [0.29, 0.717) is 18.7 Å².